The summed E-state index contributed by atoms with van der Waals surface area (Å²) in [5.41, 5.74) is 18.8. The molecule has 0 aliphatic carbocycles. The lowest BCUT2D eigenvalue weighted by Gasteiger charge is -2.08. The van der Waals surface area contributed by atoms with E-state index < -0.39 is 0 Å². The van der Waals surface area contributed by atoms with Gasteiger partial charge in [-0.1, -0.05) is 176 Å². The van der Waals surface area contributed by atoms with Gasteiger partial charge in [0.2, 0.25) is 0 Å². The highest BCUT2D eigenvalue weighted by molar-refractivity contribution is 7.25. The van der Waals surface area contributed by atoms with E-state index in [9.17, 15) is 0 Å². The maximum Gasteiger partial charge on any atom is 0.0361 e. The van der Waals surface area contributed by atoms with Gasteiger partial charge in [-0.2, -0.15) is 0 Å². The fourth-order valence-corrected chi connectivity index (χ4v) is 7.75. The van der Waals surface area contributed by atoms with Crippen LogP contribution in [0, 0.1) is 12.3 Å². The zero-order valence-corrected chi connectivity index (χ0v) is 31.1. The molecular weight excluding hydrogens is 673 g/mol. The Balaban J connectivity index is 0.000000144. The molecule has 0 bridgehead atoms. The Bertz CT molecular complexity index is 2520. The number of benzene rings is 8. The summed E-state index contributed by atoms with van der Waals surface area (Å²) in [6.07, 6.45) is 1.45. The lowest BCUT2D eigenvalue weighted by molar-refractivity contribution is 1.07. The van der Waals surface area contributed by atoms with E-state index in [1.807, 2.05) is 48.5 Å². The number of hydrogen-bond acceptors (Lipinski definition) is 3. The molecule has 262 valence electrons. The molecule has 1 aromatic heterocycles. The van der Waals surface area contributed by atoms with Crippen LogP contribution < -0.4 is 5.73 Å². The van der Waals surface area contributed by atoms with Crippen LogP contribution in [-0.2, 0) is 6.54 Å². The largest absolute Gasteiger partial charge is 0.326 e. The van der Waals surface area contributed by atoms with Gasteiger partial charge in [-0.25, -0.2) is 0 Å². The van der Waals surface area contributed by atoms with E-state index in [1.165, 1.54) is 82.0 Å². The third-order valence-electron chi connectivity index (χ3n) is 9.38. The second-order valence-electron chi connectivity index (χ2n) is 13.1. The Hall–Kier alpha value is -6.39. The van der Waals surface area contributed by atoms with Crippen molar-refractivity contribution < 1.29 is 0 Å². The first-order valence-corrected chi connectivity index (χ1v) is 19.0. The smallest absolute Gasteiger partial charge is 0.0361 e. The summed E-state index contributed by atoms with van der Waals surface area (Å²) in [5, 5.41) is 10.2. The first-order chi connectivity index (χ1) is 26.6. The lowest BCUT2D eigenvalue weighted by Crippen LogP contribution is -1.94. The normalized spacial score (nSPS) is 10.6. The highest BCUT2D eigenvalue weighted by atomic mass is 32.1. The number of aryl methyl sites for hydroxylation is 1. The van der Waals surface area contributed by atoms with Crippen LogP contribution in [0.25, 0.3) is 64.7 Å². The van der Waals surface area contributed by atoms with Crippen molar-refractivity contribution in [2.75, 3.05) is 0 Å². The number of thiophene rings is 1. The van der Waals surface area contributed by atoms with Gasteiger partial charge in [0.1, 0.15) is 0 Å². The van der Waals surface area contributed by atoms with Crippen LogP contribution in [-0.4, -0.2) is 6.21 Å². The molecule has 9 aromatic rings. The minimum absolute atomic E-state index is 0.640. The second kappa shape index (κ2) is 17.4. The standard InChI is InChI=1S/C25H17NS.C19H16.C7H9N/c26-16-21-7-4-8-24-25(21)22-15-20(13-14-23(22)27-24)19-11-9-18(10-12-19)17-5-2-1-3-6-17;1-15-12-18(16-8-4-2-5-9-16)14-19(13-15)17-10-6-3-7-11-17;8-6-7-4-2-1-3-5-7/h1-16,26H;2-14H,1H3;1-5H,6,8H2. The molecular formula is C51H42N2S. The molecule has 9 rings (SSSR count). The van der Waals surface area contributed by atoms with E-state index in [1.54, 1.807) is 11.3 Å². The molecule has 54 heavy (non-hydrogen) atoms. The Labute approximate surface area is 322 Å². The van der Waals surface area contributed by atoms with Gasteiger partial charge in [-0.3, -0.25) is 0 Å². The lowest BCUT2D eigenvalue weighted by atomic mass is 9.97. The summed E-state index contributed by atoms with van der Waals surface area (Å²) in [7, 11) is 0. The SMILES string of the molecule is Cc1cc(-c2ccccc2)cc(-c2ccccc2)c1.N=Cc1cccc2sc3ccc(-c4ccc(-c5ccccc5)cc4)cc3c12.NCc1ccccc1. The topological polar surface area (TPSA) is 49.9 Å². The molecule has 0 amide bonds. The van der Waals surface area contributed by atoms with Crippen molar-refractivity contribution >= 4 is 37.7 Å². The maximum absolute atomic E-state index is 7.74. The molecule has 0 spiro atoms. The van der Waals surface area contributed by atoms with Gasteiger partial charge < -0.3 is 11.1 Å². The fourth-order valence-electron chi connectivity index (χ4n) is 6.63. The average Bonchev–Trinajstić information content (AvgIpc) is 3.64. The third kappa shape index (κ3) is 8.62. The van der Waals surface area contributed by atoms with E-state index in [-0.39, 0.29) is 0 Å². The minimum Gasteiger partial charge on any atom is -0.326 e. The van der Waals surface area contributed by atoms with Crippen molar-refractivity contribution in [3.05, 3.63) is 217 Å². The molecule has 0 atom stereocenters. The van der Waals surface area contributed by atoms with Crippen LogP contribution in [0.3, 0.4) is 0 Å². The molecule has 3 N–H and O–H groups in total. The Morgan fingerprint density at radius 3 is 1.41 bits per heavy atom. The molecule has 1 heterocycles. The maximum atomic E-state index is 7.74. The van der Waals surface area contributed by atoms with Crippen molar-refractivity contribution in [2.45, 2.75) is 13.5 Å². The van der Waals surface area contributed by atoms with Gasteiger partial charge in [0, 0.05) is 38.5 Å². The number of nitrogens with one attached hydrogen (secondary N) is 1. The zero-order valence-electron chi connectivity index (χ0n) is 30.3. The number of rotatable bonds is 6. The first-order valence-electron chi connectivity index (χ1n) is 18.2. The molecule has 0 aliphatic rings. The van der Waals surface area contributed by atoms with Crippen LogP contribution >= 0.6 is 11.3 Å². The van der Waals surface area contributed by atoms with Crippen LogP contribution in [0.5, 0.6) is 0 Å². The molecule has 2 nitrogen and oxygen atoms in total. The third-order valence-corrected chi connectivity index (χ3v) is 10.5. The van der Waals surface area contributed by atoms with E-state index in [4.69, 9.17) is 11.1 Å². The Morgan fingerprint density at radius 2 is 0.907 bits per heavy atom. The van der Waals surface area contributed by atoms with E-state index >= 15 is 0 Å². The number of fused-ring (bicyclic) bond motifs is 3. The quantitative estimate of drug-likeness (QED) is 0.166. The monoisotopic (exact) mass is 714 g/mol. The molecule has 0 aliphatic heterocycles. The summed E-state index contributed by atoms with van der Waals surface area (Å²) in [6.45, 7) is 2.79. The molecule has 0 unspecified atom stereocenters. The van der Waals surface area contributed by atoms with Gasteiger partial charge in [-0.05, 0) is 86.8 Å². The van der Waals surface area contributed by atoms with E-state index in [2.05, 4.69) is 159 Å². The molecule has 0 radical (unpaired) electrons. The highest BCUT2D eigenvalue weighted by Crippen LogP contribution is 2.38. The summed E-state index contributed by atoms with van der Waals surface area (Å²) < 4.78 is 2.51. The zero-order chi connectivity index (χ0) is 37.1. The van der Waals surface area contributed by atoms with Gasteiger partial charge in [-0.15, -0.1) is 11.3 Å². The Kier molecular flexibility index (Phi) is 11.6. The van der Waals surface area contributed by atoms with Crippen molar-refractivity contribution in [2.24, 2.45) is 5.73 Å². The molecule has 0 saturated carbocycles. The van der Waals surface area contributed by atoms with E-state index in [0.29, 0.717) is 6.54 Å². The molecule has 8 aromatic carbocycles. The van der Waals surface area contributed by atoms with Crippen LogP contribution in [0.15, 0.2) is 200 Å². The van der Waals surface area contributed by atoms with Gasteiger partial charge in [0.05, 0.1) is 0 Å². The summed E-state index contributed by atoms with van der Waals surface area (Å²) >= 11 is 1.79. The van der Waals surface area contributed by atoms with Crippen LogP contribution in [0.1, 0.15) is 16.7 Å². The number of nitrogens with two attached hydrogens (primary N) is 1. The van der Waals surface area contributed by atoms with Crippen molar-refractivity contribution in [1.29, 1.82) is 5.41 Å². The average molecular weight is 715 g/mol. The highest BCUT2D eigenvalue weighted by Gasteiger charge is 2.10. The Morgan fingerprint density at radius 1 is 0.444 bits per heavy atom. The summed E-state index contributed by atoms with van der Waals surface area (Å²) in [4.78, 5) is 0. The van der Waals surface area contributed by atoms with Gasteiger partial charge in [0.15, 0.2) is 0 Å². The van der Waals surface area contributed by atoms with Crippen LogP contribution in [0.2, 0.25) is 0 Å². The molecule has 3 heteroatoms. The van der Waals surface area contributed by atoms with Gasteiger partial charge >= 0.3 is 0 Å². The van der Waals surface area contributed by atoms with Crippen LogP contribution in [0.4, 0.5) is 0 Å². The predicted octanol–water partition coefficient (Wildman–Crippen LogP) is 13.9. The van der Waals surface area contributed by atoms with Gasteiger partial charge in [0.25, 0.3) is 0 Å². The minimum atomic E-state index is 0.640. The number of hydrogen-bond donors (Lipinski definition) is 2. The van der Waals surface area contributed by atoms with Crippen molar-refractivity contribution in [1.82, 2.24) is 0 Å². The summed E-state index contributed by atoms with van der Waals surface area (Å²) in [5.74, 6) is 0. The fraction of sp³-hybridized carbons (Fsp3) is 0.0392. The summed E-state index contributed by atoms with van der Waals surface area (Å²) in [6, 6.07) is 69.8. The van der Waals surface area contributed by atoms with Crippen molar-refractivity contribution in [3.8, 4) is 44.5 Å². The predicted molar refractivity (Wildman–Crippen MR) is 234 cm³/mol. The molecule has 0 fully saturated rings. The second-order valence-corrected chi connectivity index (χ2v) is 14.2. The van der Waals surface area contributed by atoms with Crippen molar-refractivity contribution in [3.63, 3.8) is 0 Å². The van der Waals surface area contributed by atoms with E-state index in [0.717, 1.165) is 5.56 Å². The first kappa shape index (κ1) is 36.0. The molecule has 0 saturated heterocycles.